The summed E-state index contributed by atoms with van der Waals surface area (Å²) in [5.74, 6) is 2.12. The summed E-state index contributed by atoms with van der Waals surface area (Å²) in [6, 6.07) is 3.66. The number of rotatable bonds is 5. The van der Waals surface area contributed by atoms with Gasteiger partial charge in [-0.2, -0.15) is 14.9 Å². The molecule has 0 saturated heterocycles. The summed E-state index contributed by atoms with van der Waals surface area (Å²) in [7, 11) is 3.20. The van der Waals surface area contributed by atoms with Crippen LogP contribution < -0.4 is 9.47 Å². The van der Waals surface area contributed by atoms with Crippen molar-refractivity contribution in [1.82, 2.24) is 14.9 Å². The summed E-state index contributed by atoms with van der Waals surface area (Å²) in [5.41, 5.74) is 0.801. The minimum absolute atomic E-state index is 0.453. The lowest BCUT2D eigenvalue weighted by Gasteiger charge is -2.09. The fraction of sp³-hybridized carbons (Fsp3) is 0.308. The van der Waals surface area contributed by atoms with Crippen molar-refractivity contribution in [2.45, 2.75) is 13.3 Å². The second-order valence-corrected chi connectivity index (χ2v) is 5.32. The maximum absolute atomic E-state index is 5.35. The zero-order chi connectivity index (χ0) is 15.4. The average molecular weight is 371 g/mol. The molecule has 2 rings (SSSR count). The number of nitrogens with zero attached hydrogens (tertiary/aromatic N) is 3. The second kappa shape index (κ2) is 6.86. The molecule has 0 spiro atoms. The summed E-state index contributed by atoms with van der Waals surface area (Å²) < 4.78 is 13.5. The number of aromatic amines is 1. The Morgan fingerprint density at radius 1 is 1.38 bits per heavy atom. The van der Waals surface area contributed by atoms with Gasteiger partial charge in [0, 0.05) is 18.1 Å². The Bertz CT molecular complexity index is 723. The summed E-state index contributed by atoms with van der Waals surface area (Å²) in [5, 5.41) is 11.2. The van der Waals surface area contributed by atoms with Gasteiger partial charge in [0.15, 0.2) is 5.82 Å². The first-order chi connectivity index (χ1) is 10.1. The Hall–Kier alpha value is -1.67. The highest BCUT2D eigenvalue weighted by atomic mass is 79.9. The first-order valence-electron chi connectivity index (χ1n) is 6.22. The maximum atomic E-state index is 5.35. The predicted molar refractivity (Wildman–Crippen MR) is 87.0 cm³/mol. The van der Waals surface area contributed by atoms with Crippen LogP contribution in [0.4, 0.5) is 0 Å². The van der Waals surface area contributed by atoms with E-state index >= 15 is 0 Å². The molecule has 0 radical (unpaired) electrons. The highest BCUT2D eigenvalue weighted by Crippen LogP contribution is 2.31. The lowest BCUT2D eigenvalue weighted by atomic mass is 10.2. The van der Waals surface area contributed by atoms with Crippen LogP contribution in [0.5, 0.6) is 11.5 Å². The molecule has 0 amide bonds. The fourth-order valence-electron chi connectivity index (χ4n) is 1.78. The third kappa shape index (κ3) is 3.33. The molecule has 1 aromatic carbocycles. The van der Waals surface area contributed by atoms with Crippen LogP contribution in [0.3, 0.4) is 0 Å². The van der Waals surface area contributed by atoms with Crippen LogP contribution in [0.2, 0.25) is 0 Å². The quantitative estimate of drug-likeness (QED) is 0.648. The first-order valence-corrected chi connectivity index (χ1v) is 7.43. The maximum Gasteiger partial charge on any atom is 0.216 e. The van der Waals surface area contributed by atoms with Crippen molar-refractivity contribution < 1.29 is 9.47 Å². The van der Waals surface area contributed by atoms with Crippen LogP contribution in [-0.4, -0.2) is 35.3 Å². The van der Waals surface area contributed by atoms with Crippen LogP contribution in [0.15, 0.2) is 21.7 Å². The van der Waals surface area contributed by atoms with Gasteiger partial charge in [0.05, 0.1) is 24.9 Å². The molecule has 1 heterocycles. The number of ether oxygens (including phenoxy) is 2. The topological polar surface area (TPSA) is 64.4 Å². The number of halogens is 1. The zero-order valence-electron chi connectivity index (χ0n) is 11.9. The summed E-state index contributed by atoms with van der Waals surface area (Å²) >= 11 is 8.60. The normalized spacial score (nSPS) is 11.0. The Balaban J connectivity index is 2.43. The minimum atomic E-state index is 0.453. The van der Waals surface area contributed by atoms with E-state index in [1.807, 2.05) is 13.0 Å². The smallest absolute Gasteiger partial charge is 0.216 e. The molecule has 21 heavy (non-hydrogen) atoms. The molecule has 0 aliphatic carbocycles. The standard InChI is InChI=1S/C13H15BrN4O2S/c1-4-12-16-17-13(21)18(12)15-7-8-5-9(14)11(20-3)6-10(8)19-2/h5-7H,4H2,1-3H3,(H,17,21)/b15-7-. The molecule has 0 aliphatic heterocycles. The Kier molecular flexibility index (Phi) is 5.13. The summed E-state index contributed by atoms with van der Waals surface area (Å²) in [6.45, 7) is 1.99. The van der Waals surface area contributed by atoms with Crippen LogP contribution in [-0.2, 0) is 6.42 Å². The number of H-pyrrole nitrogens is 1. The molecule has 1 aromatic heterocycles. The number of aryl methyl sites for hydroxylation is 1. The van der Waals surface area contributed by atoms with Crippen LogP contribution in [0.25, 0.3) is 0 Å². The largest absolute Gasteiger partial charge is 0.496 e. The number of methoxy groups -OCH3 is 2. The third-order valence-electron chi connectivity index (χ3n) is 2.85. The lowest BCUT2D eigenvalue weighted by molar-refractivity contribution is 0.392. The van der Waals surface area contributed by atoms with E-state index < -0.39 is 0 Å². The molecular formula is C13H15BrN4O2S. The predicted octanol–water partition coefficient (Wildman–Crippen LogP) is 3.16. The SMILES string of the molecule is CCc1n[nH]c(=S)n1/N=C\c1cc(Br)c(OC)cc1OC. The molecule has 0 atom stereocenters. The van der Waals surface area contributed by atoms with E-state index in [0.717, 1.165) is 22.3 Å². The van der Waals surface area contributed by atoms with E-state index in [2.05, 4.69) is 31.2 Å². The van der Waals surface area contributed by atoms with Crippen molar-refractivity contribution in [3.8, 4) is 11.5 Å². The van der Waals surface area contributed by atoms with Gasteiger partial charge in [-0.3, -0.25) is 5.10 Å². The van der Waals surface area contributed by atoms with Crippen molar-refractivity contribution in [2.24, 2.45) is 5.10 Å². The molecule has 112 valence electrons. The first kappa shape index (κ1) is 15.7. The molecule has 6 nitrogen and oxygen atoms in total. The van der Waals surface area contributed by atoms with Gasteiger partial charge in [-0.1, -0.05) is 6.92 Å². The van der Waals surface area contributed by atoms with E-state index in [4.69, 9.17) is 21.7 Å². The average Bonchev–Trinajstić information content (AvgIpc) is 2.85. The van der Waals surface area contributed by atoms with Crippen LogP contribution in [0, 0.1) is 4.77 Å². The molecule has 0 saturated carbocycles. The zero-order valence-corrected chi connectivity index (χ0v) is 14.3. The van der Waals surface area contributed by atoms with Crippen molar-refractivity contribution in [3.05, 3.63) is 32.8 Å². The van der Waals surface area contributed by atoms with Gasteiger partial charge in [-0.05, 0) is 34.2 Å². The number of benzene rings is 1. The van der Waals surface area contributed by atoms with Gasteiger partial charge in [0.2, 0.25) is 4.77 Å². The highest BCUT2D eigenvalue weighted by Gasteiger charge is 2.08. The highest BCUT2D eigenvalue weighted by molar-refractivity contribution is 9.10. The lowest BCUT2D eigenvalue weighted by Crippen LogP contribution is -1.99. The molecule has 1 N–H and O–H groups in total. The van der Waals surface area contributed by atoms with E-state index in [9.17, 15) is 0 Å². The Labute approximate surface area is 135 Å². The molecule has 0 bridgehead atoms. The van der Waals surface area contributed by atoms with Crippen molar-refractivity contribution in [2.75, 3.05) is 14.2 Å². The number of hydrogen-bond donors (Lipinski definition) is 1. The summed E-state index contributed by atoms with van der Waals surface area (Å²) in [4.78, 5) is 0. The molecule has 2 aromatic rings. The van der Waals surface area contributed by atoms with E-state index in [-0.39, 0.29) is 0 Å². The van der Waals surface area contributed by atoms with Crippen molar-refractivity contribution in [3.63, 3.8) is 0 Å². The van der Waals surface area contributed by atoms with Gasteiger partial charge in [0.1, 0.15) is 11.5 Å². The Morgan fingerprint density at radius 3 is 2.71 bits per heavy atom. The fourth-order valence-corrected chi connectivity index (χ4v) is 2.50. The number of aromatic nitrogens is 3. The van der Waals surface area contributed by atoms with E-state index in [1.54, 1.807) is 31.2 Å². The number of hydrogen-bond acceptors (Lipinski definition) is 5. The monoisotopic (exact) mass is 370 g/mol. The van der Waals surface area contributed by atoms with Gasteiger partial charge >= 0.3 is 0 Å². The molecule has 0 aliphatic rings. The molecule has 0 unspecified atom stereocenters. The van der Waals surface area contributed by atoms with Crippen LogP contribution in [0.1, 0.15) is 18.3 Å². The van der Waals surface area contributed by atoms with Crippen molar-refractivity contribution >= 4 is 34.4 Å². The van der Waals surface area contributed by atoms with Crippen LogP contribution >= 0.6 is 28.1 Å². The minimum Gasteiger partial charge on any atom is -0.496 e. The molecule has 0 fully saturated rings. The molecular weight excluding hydrogens is 356 g/mol. The Morgan fingerprint density at radius 2 is 2.10 bits per heavy atom. The third-order valence-corrected chi connectivity index (χ3v) is 3.73. The van der Waals surface area contributed by atoms with E-state index in [1.165, 1.54) is 0 Å². The van der Waals surface area contributed by atoms with E-state index in [0.29, 0.717) is 16.3 Å². The molecule has 8 heteroatoms. The van der Waals surface area contributed by atoms with Gasteiger partial charge in [-0.25, -0.2) is 0 Å². The van der Waals surface area contributed by atoms with Gasteiger partial charge < -0.3 is 9.47 Å². The van der Waals surface area contributed by atoms with Gasteiger partial charge in [-0.15, -0.1) is 0 Å². The van der Waals surface area contributed by atoms with Gasteiger partial charge in [0.25, 0.3) is 0 Å². The van der Waals surface area contributed by atoms with Crippen molar-refractivity contribution in [1.29, 1.82) is 0 Å². The second-order valence-electron chi connectivity index (χ2n) is 4.08. The summed E-state index contributed by atoms with van der Waals surface area (Å²) in [6.07, 6.45) is 2.40. The number of nitrogens with one attached hydrogen (secondary N) is 1.